The first-order valence-electron chi connectivity index (χ1n) is 14.7. The van der Waals surface area contributed by atoms with Crippen molar-refractivity contribution in [1.82, 2.24) is 14.7 Å². The number of rotatable bonds is 12. The summed E-state index contributed by atoms with van der Waals surface area (Å²) in [4.78, 5) is 50.4. The Labute approximate surface area is 247 Å². The number of aliphatic hydroxyl groups is 1. The third kappa shape index (κ3) is 5.35. The first-order valence-corrected chi connectivity index (χ1v) is 15.5. The van der Waals surface area contributed by atoms with Crippen LogP contribution in [0, 0.1) is 11.8 Å². The number of hydrogen-bond donors (Lipinski definition) is 1. The van der Waals surface area contributed by atoms with Crippen molar-refractivity contribution in [3.05, 3.63) is 55.6 Å². The molecule has 6 atom stereocenters. The van der Waals surface area contributed by atoms with Crippen LogP contribution in [-0.2, 0) is 19.1 Å². The topological polar surface area (TPSA) is 93.6 Å². The van der Waals surface area contributed by atoms with E-state index in [4.69, 9.17) is 4.74 Å². The number of fused-ring (bicyclic) bond motifs is 1. The molecule has 5 rings (SSSR count). The van der Waals surface area contributed by atoms with E-state index in [2.05, 4.69) is 18.1 Å². The molecular weight excluding hydrogens is 540 g/mol. The lowest BCUT2D eigenvalue weighted by molar-refractivity contribution is -0.145. The van der Waals surface area contributed by atoms with E-state index in [9.17, 15) is 19.5 Å². The van der Waals surface area contributed by atoms with Crippen molar-refractivity contribution in [3.63, 3.8) is 0 Å². The van der Waals surface area contributed by atoms with Gasteiger partial charge in [-0.25, -0.2) is 0 Å². The molecule has 1 aromatic rings. The Bertz CT molecular complexity index is 1140. The third-order valence-electron chi connectivity index (χ3n) is 9.09. The van der Waals surface area contributed by atoms with Gasteiger partial charge in [-0.1, -0.05) is 30.4 Å². The van der Waals surface area contributed by atoms with E-state index in [1.807, 2.05) is 30.3 Å². The Kier molecular flexibility index (Phi) is 9.23. The number of aliphatic hydroxyl groups excluding tert-OH is 1. The zero-order chi connectivity index (χ0) is 29.1. The van der Waals surface area contributed by atoms with Crippen LogP contribution in [0.3, 0.4) is 0 Å². The molecule has 2 unspecified atom stereocenters. The maximum Gasteiger partial charge on any atom is 0.247 e. The van der Waals surface area contributed by atoms with Crippen LogP contribution in [0.4, 0.5) is 5.69 Å². The van der Waals surface area contributed by atoms with Crippen LogP contribution < -0.4 is 4.90 Å². The summed E-state index contributed by atoms with van der Waals surface area (Å²) in [5.41, 5.74) is 0.762. The number of likely N-dealkylation sites (tertiary alicyclic amines) is 1. The second kappa shape index (κ2) is 12.7. The maximum absolute atomic E-state index is 14.5. The molecule has 10 heteroatoms. The third-order valence-corrected chi connectivity index (χ3v) is 11.0. The lowest BCUT2D eigenvalue weighted by Crippen LogP contribution is -2.58. The number of anilines is 1. The van der Waals surface area contributed by atoms with Crippen molar-refractivity contribution in [2.24, 2.45) is 11.8 Å². The smallest absolute Gasteiger partial charge is 0.247 e. The molecule has 0 aromatic heterocycles. The van der Waals surface area contributed by atoms with Crippen molar-refractivity contribution in [2.45, 2.75) is 41.8 Å². The van der Waals surface area contributed by atoms with Gasteiger partial charge in [0.2, 0.25) is 17.7 Å². The van der Waals surface area contributed by atoms with Crippen LogP contribution in [0.1, 0.15) is 19.8 Å². The van der Waals surface area contributed by atoms with Gasteiger partial charge in [0.1, 0.15) is 6.04 Å². The lowest BCUT2D eigenvalue weighted by atomic mass is 9.70. The summed E-state index contributed by atoms with van der Waals surface area (Å²) in [5.74, 6) is -1.59. The standard InChI is InChI=1S/C31H42N4O5S/c1-4-13-33(16-15-32-17-19-40-20-18-32)30(39)27-31-12-11-24(41-31)25(26(31)29(38)35(27)22(3)21-36)28(37)34(14-5-2)23-9-7-6-8-10-23/h4-10,22,24-27,36H,1-2,11-21H2,3H3/t22-,24-,25+,26+,27?,31?/m1/s1. The molecule has 0 radical (unpaired) electrons. The minimum atomic E-state index is -0.746. The molecule has 4 saturated heterocycles. The monoisotopic (exact) mass is 582 g/mol. The number of benzene rings is 1. The predicted molar refractivity (Wildman–Crippen MR) is 161 cm³/mol. The molecule has 1 spiro atoms. The fraction of sp³-hybridized carbons (Fsp3) is 0.581. The average molecular weight is 583 g/mol. The van der Waals surface area contributed by atoms with E-state index in [1.54, 1.807) is 45.5 Å². The fourth-order valence-corrected chi connectivity index (χ4v) is 9.35. The SMILES string of the molecule is C=CCN(CCN1CCOCC1)C(=O)C1N([C@H](C)CO)C(=O)[C@@H]2[C@@H](C(=O)N(CC=C)c3ccccc3)[C@H]3CCC12S3. The van der Waals surface area contributed by atoms with Gasteiger partial charge >= 0.3 is 0 Å². The van der Waals surface area contributed by atoms with E-state index in [0.717, 1.165) is 25.2 Å². The Morgan fingerprint density at radius 2 is 1.88 bits per heavy atom. The molecule has 222 valence electrons. The molecule has 1 N–H and O–H groups in total. The van der Waals surface area contributed by atoms with Crippen molar-refractivity contribution in [3.8, 4) is 0 Å². The van der Waals surface area contributed by atoms with Crippen molar-refractivity contribution < 1.29 is 24.2 Å². The minimum Gasteiger partial charge on any atom is -0.394 e. The molecule has 1 aromatic carbocycles. The number of morpholine rings is 1. The predicted octanol–water partition coefficient (Wildman–Crippen LogP) is 2.02. The minimum absolute atomic E-state index is 0.0458. The van der Waals surface area contributed by atoms with Crippen LogP contribution in [-0.4, -0.2) is 119 Å². The Morgan fingerprint density at radius 1 is 1.17 bits per heavy atom. The summed E-state index contributed by atoms with van der Waals surface area (Å²) >= 11 is 1.65. The molecule has 0 aliphatic carbocycles. The molecule has 4 heterocycles. The van der Waals surface area contributed by atoms with Gasteiger partial charge in [0.25, 0.3) is 0 Å². The Morgan fingerprint density at radius 3 is 2.54 bits per heavy atom. The van der Waals surface area contributed by atoms with Crippen LogP contribution in [0.5, 0.6) is 0 Å². The van der Waals surface area contributed by atoms with Gasteiger partial charge in [-0.15, -0.1) is 24.9 Å². The summed E-state index contributed by atoms with van der Waals surface area (Å²) in [6.07, 6.45) is 4.88. The highest BCUT2D eigenvalue weighted by molar-refractivity contribution is 8.02. The summed E-state index contributed by atoms with van der Waals surface area (Å²) in [7, 11) is 0. The Balaban J connectivity index is 1.47. The number of amides is 3. The highest BCUT2D eigenvalue weighted by Crippen LogP contribution is 2.67. The lowest BCUT2D eigenvalue weighted by Gasteiger charge is -2.39. The first kappa shape index (κ1) is 29.8. The van der Waals surface area contributed by atoms with Crippen LogP contribution >= 0.6 is 11.8 Å². The highest BCUT2D eigenvalue weighted by Gasteiger charge is 2.74. The van der Waals surface area contributed by atoms with Gasteiger partial charge in [0, 0.05) is 50.2 Å². The molecule has 9 nitrogen and oxygen atoms in total. The summed E-state index contributed by atoms with van der Waals surface area (Å²) in [5, 5.41) is 10.1. The van der Waals surface area contributed by atoms with Gasteiger partial charge in [-0.2, -0.15) is 0 Å². The number of carbonyl (C=O) groups is 3. The maximum atomic E-state index is 14.5. The number of nitrogens with zero attached hydrogens (tertiary/aromatic N) is 4. The van der Waals surface area contributed by atoms with E-state index in [-0.39, 0.29) is 29.6 Å². The van der Waals surface area contributed by atoms with E-state index >= 15 is 0 Å². The van der Waals surface area contributed by atoms with Gasteiger partial charge in [0.05, 0.1) is 42.4 Å². The number of thioether (sulfide) groups is 1. The van der Waals surface area contributed by atoms with Crippen LogP contribution in [0.25, 0.3) is 0 Å². The van der Waals surface area contributed by atoms with Crippen molar-refractivity contribution >= 4 is 35.2 Å². The largest absolute Gasteiger partial charge is 0.394 e. The second-order valence-electron chi connectivity index (χ2n) is 11.4. The van der Waals surface area contributed by atoms with E-state index in [1.165, 1.54) is 0 Å². The first-order chi connectivity index (χ1) is 19.9. The van der Waals surface area contributed by atoms with Crippen molar-refractivity contribution in [1.29, 1.82) is 0 Å². The molecule has 4 fully saturated rings. The summed E-state index contributed by atoms with van der Waals surface area (Å²) in [6.45, 7) is 14.2. The fourth-order valence-electron chi connectivity index (χ4n) is 7.16. The van der Waals surface area contributed by atoms with E-state index < -0.39 is 28.7 Å². The average Bonchev–Trinajstić information content (AvgIpc) is 3.65. The molecular formula is C31H42N4O5S. The van der Waals surface area contributed by atoms with E-state index in [0.29, 0.717) is 45.8 Å². The molecule has 0 saturated carbocycles. The zero-order valence-corrected chi connectivity index (χ0v) is 24.7. The van der Waals surface area contributed by atoms with Crippen LogP contribution in [0.2, 0.25) is 0 Å². The molecule has 41 heavy (non-hydrogen) atoms. The summed E-state index contributed by atoms with van der Waals surface area (Å²) < 4.78 is 4.76. The molecule has 4 aliphatic rings. The molecule has 3 amide bonds. The quantitative estimate of drug-likeness (QED) is 0.377. The highest BCUT2D eigenvalue weighted by atomic mass is 32.2. The second-order valence-corrected chi connectivity index (χ2v) is 13.0. The van der Waals surface area contributed by atoms with Gasteiger partial charge in [-0.05, 0) is 31.9 Å². The van der Waals surface area contributed by atoms with Crippen molar-refractivity contribution in [2.75, 3.05) is 64.0 Å². The normalized spacial score (nSPS) is 29.7. The van der Waals surface area contributed by atoms with Gasteiger partial charge in [0.15, 0.2) is 0 Å². The number of para-hydroxylation sites is 1. The van der Waals surface area contributed by atoms with Gasteiger partial charge < -0.3 is 24.5 Å². The Hall–Kier alpha value is -2.66. The zero-order valence-electron chi connectivity index (χ0n) is 23.9. The van der Waals surface area contributed by atoms with Gasteiger partial charge in [-0.3, -0.25) is 19.3 Å². The van der Waals surface area contributed by atoms with Crippen LogP contribution in [0.15, 0.2) is 55.6 Å². The molecule has 4 aliphatic heterocycles. The molecule has 2 bridgehead atoms. The summed E-state index contributed by atoms with van der Waals surface area (Å²) in [6, 6.07) is 8.17. The number of carbonyl (C=O) groups excluding carboxylic acids is 3. The number of hydrogen-bond acceptors (Lipinski definition) is 7. The number of ether oxygens (including phenoxy) is 1.